The average molecular weight is 240 g/mol. The Hall–Kier alpha value is -1.36. The van der Waals surface area contributed by atoms with Gasteiger partial charge in [0.05, 0.1) is 19.9 Å². The highest BCUT2D eigenvalue weighted by Crippen LogP contribution is 2.06. The largest absolute Gasteiger partial charge is 0.464 e. The molecule has 0 aliphatic carbocycles. The van der Waals surface area contributed by atoms with Crippen LogP contribution in [0.5, 0.6) is 0 Å². The van der Waals surface area contributed by atoms with Gasteiger partial charge in [0.25, 0.3) is 0 Å². The molecule has 0 fully saturated rings. The SMILES string of the molecule is CCCCOCCn1c(C(=O)OC)cnc1C. The molecule has 0 saturated carbocycles. The number of hydrogen-bond acceptors (Lipinski definition) is 4. The van der Waals surface area contributed by atoms with Crippen molar-refractivity contribution in [1.82, 2.24) is 9.55 Å². The van der Waals surface area contributed by atoms with Crippen molar-refractivity contribution in [3.63, 3.8) is 0 Å². The van der Waals surface area contributed by atoms with E-state index in [1.165, 1.54) is 13.3 Å². The Morgan fingerprint density at radius 2 is 2.24 bits per heavy atom. The number of esters is 1. The molecule has 1 aromatic heterocycles. The van der Waals surface area contributed by atoms with Crippen molar-refractivity contribution in [3.05, 3.63) is 17.7 Å². The summed E-state index contributed by atoms with van der Waals surface area (Å²) in [6, 6.07) is 0. The van der Waals surface area contributed by atoms with Gasteiger partial charge in [-0.05, 0) is 13.3 Å². The number of imidazole rings is 1. The number of hydrogen-bond donors (Lipinski definition) is 0. The highest BCUT2D eigenvalue weighted by Gasteiger charge is 2.14. The van der Waals surface area contributed by atoms with Gasteiger partial charge in [0.2, 0.25) is 0 Å². The second-order valence-electron chi connectivity index (χ2n) is 3.80. The first kappa shape index (κ1) is 13.7. The minimum Gasteiger partial charge on any atom is -0.464 e. The second kappa shape index (κ2) is 7.06. The predicted molar refractivity (Wildman–Crippen MR) is 64.0 cm³/mol. The highest BCUT2D eigenvalue weighted by molar-refractivity contribution is 5.87. The maximum Gasteiger partial charge on any atom is 0.356 e. The molecule has 5 heteroatoms. The van der Waals surface area contributed by atoms with Crippen LogP contribution >= 0.6 is 0 Å². The molecule has 0 amide bonds. The molecular weight excluding hydrogens is 220 g/mol. The maximum absolute atomic E-state index is 11.5. The molecule has 0 aromatic carbocycles. The minimum atomic E-state index is -0.362. The van der Waals surface area contributed by atoms with Gasteiger partial charge >= 0.3 is 5.97 Å². The summed E-state index contributed by atoms with van der Waals surface area (Å²) in [6.45, 7) is 5.95. The summed E-state index contributed by atoms with van der Waals surface area (Å²) < 4.78 is 12.0. The number of aromatic nitrogens is 2. The van der Waals surface area contributed by atoms with Crippen LogP contribution in [0, 0.1) is 6.92 Å². The predicted octanol–water partition coefficient (Wildman–Crippen LogP) is 1.79. The van der Waals surface area contributed by atoms with Crippen LogP contribution in [0.3, 0.4) is 0 Å². The van der Waals surface area contributed by atoms with Crippen molar-refractivity contribution in [2.45, 2.75) is 33.2 Å². The van der Waals surface area contributed by atoms with Gasteiger partial charge in [0.15, 0.2) is 0 Å². The molecule has 0 bridgehead atoms. The van der Waals surface area contributed by atoms with Crippen LogP contribution in [-0.2, 0) is 16.0 Å². The lowest BCUT2D eigenvalue weighted by Gasteiger charge is -2.09. The molecule has 5 nitrogen and oxygen atoms in total. The van der Waals surface area contributed by atoms with E-state index in [0.29, 0.717) is 18.8 Å². The number of carbonyl (C=O) groups is 1. The summed E-state index contributed by atoms with van der Waals surface area (Å²) in [4.78, 5) is 15.6. The molecule has 17 heavy (non-hydrogen) atoms. The van der Waals surface area contributed by atoms with Crippen LogP contribution in [-0.4, -0.2) is 35.8 Å². The molecule has 0 unspecified atom stereocenters. The molecule has 0 N–H and O–H groups in total. The molecule has 1 rings (SSSR count). The first-order valence-electron chi connectivity index (χ1n) is 5.88. The Morgan fingerprint density at radius 3 is 2.88 bits per heavy atom. The highest BCUT2D eigenvalue weighted by atomic mass is 16.5. The van der Waals surface area contributed by atoms with Crippen LogP contribution < -0.4 is 0 Å². The Bertz CT molecular complexity index is 361. The summed E-state index contributed by atoms with van der Waals surface area (Å²) in [6.07, 6.45) is 3.72. The molecule has 1 aromatic rings. The van der Waals surface area contributed by atoms with Crippen LogP contribution in [0.2, 0.25) is 0 Å². The van der Waals surface area contributed by atoms with Crippen molar-refractivity contribution >= 4 is 5.97 Å². The zero-order valence-corrected chi connectivity index (χ0v) is 10.7. The lowest BCUT2D eigenvalue weighted by Crippen LogP contribution is -2.15. The zero-order valence-electron chi connectivity index (χ0n) is 10.7. The van der Waals surface area contributed by atoms with Crippen molar-refractivity contribution in [1.29, 1.82) is 0 Å². The molecular formula is C12H20N2O3. The summed E-state index contributed by atoms with van der Waals surface area (Å²) in [7, 11) is 1.37. The lowest BCUT2D eigenvalue weighted by atomic mass is 10.4. The maximum atomic E-state index is 11.5. The minimum absolute atomic E-state index is 0.362. The fraction of sp³-hybridized carbons (Fsp3) is 0.667. The number of ether oxygens (including phenoxy) is 2. The van der Waals surface area contributed by atoms with E-state index in [-0.39, 0.29) is 5.97 Å². The van der Waals surface area contributed by atoms with E-state index in [4.69, 9.17) is 9.47 Å². The molecule has 0 aliphatic rings. The number of rotatable bonds is 7. The van der Waals surface area contributed by atoms with Crippen molar-refractivity contribution < 1.29 is 14.3 Å². The Labute approximate surface area is 102 Å². The third-order valence-electron chi connectivity index (χ3n) is 2.55. The van der Waals surface area contributed by atoms with E-state index in [1.54, 1.807) is 0 Å². The zero-order chi connectivity index (χ0) is 12.7. The van der Waals surface area contributed by atoms with E-state index in [9.17, 15) is 4.79 Å². The molecule has 1 heterocycles. The van der Waals surface area contributed by atoms with Gasteiger partial charge in [-0.25, -0.2) is 9.78 Å². The molecule has 0 radical (unpaired) electrons. The molecule has 0 saturated heterocycles. The lowest BCUT2D eigenvalue weighted by molar-refractivity contribution is 0.0583. The third-order valence-corrected chi connectivity index (χ3v) is 2.55. The van der Waals surface area contributed by atoms with E-state index >= 15 is 0 Å². The van der Waals surface area contributed by atoms with Crippen LogP contribution in [0.4, 0.5) is 0 Å². The van der Waals surface area contributed by atoms with Crippen LogP contribution in [0.1, 0.15) is 36.1 Å². The fourth-order valence-corrected chi connectivity index (χ4v) is 1.52. The summed E-state index contributed by atoms with van der Waals surface area (Å²) in [5.74, 6) is 0.434. The first-order chi connectivity index (χ1) is 8.20. The summed E-state index contributed by atoms with van der Waals surface area (Å²) in [5.41, 5.74) is 0.476. The smallest absolute Gasteiger partial charge is 0.356 e. The molecule has 96 valence electrons. The monoisotopic (exact) mass is 240 g/mol. The van der Waals surface area contributed by atoms with Crippen LogP contribution in [0.25, 0.3) is 0 Å². The first-order valence-corrected chi connectivity index (χ1v) is 5.88. The Balaban J connectivity index is 2.51. The van der Waals surface area contributed by atoms with E-state index in [2.05, 4.69) is 11.9 Å². The number of aryl methyl sites for hydroxylation is 1. The second-order valence-corrected chi connectivity index (χ2v) is 3.80. The van der Waals surface area contributed by atoms with Crippen molar-refractivity contribution in [2.75, 3.05) is 20.3 Å². The van der Waals surface area contributed by atoms with Gasteiger partial charge in [-0.2, -0.15) is 0 Å². The topological polar surface area (TPSA) is 53.4 Å². The van der Waals surface area contributed by atoms with E-state index < -0.39 is 0 Å². The number of methoxy groups -OCH3 is 1. The van der Waals surface area contributed by atoms with Crippen molar-refractivity contribution in [2.24, 2.45) is 0 Å². The normalized spacial score (nSPS) is 10.5. The van der Waals surface area contributed by atoms with E-state index in [0.717, 1.165) is 25.3 Å². The number of nitrogens with zero attached hydrogens (tertiary/aromatic N) is 2. The van der Waals surface area contributed by atoms with Gasteiger partial charge in [-0.1, -0.05) is 13.3 Å². The average Bonchev–Trinajstić information content (AvgIpc) is 2.70. The fourth-order valence-electron chi connectivity index (χ4n) is 1.52. The van der Waals surface area contributed by atoms with Crippen LogP contribution in [0.15, 0.2) is 6.20 Å². The van der Waals surface area contributed by atoms with Gasteiger partial charge < -0.3 is 14.0 Å². The Kier molecular flexibility index (Phi) is 5.69. The Morgan fingerprint density at radius 1 is 1.47 bits per heavy atom. The summed E-state index contributed by atoms with van der Waals surface area (Å²) >= 11 is 0. The van der Waals surface area contributed by atoms with Gasteiger partial charge in [-0.15, -0.1) is 0 Å². The summed E-state index contributed by atoms with van der Waals surface area (Å²) in [5, 5.41) is 0. The molecule has 0 aliphatic heterocycles. The standard InChI is InChI=1S/C12H20N2O3/c1-4-5-7-17-8-6-14-10(2)13-9-11(14)12(15)16-3/h9H,4-8H2,1-3H3. The van der Waals surface area contributed by atoms with Gasteiger partial charge in [-0.3, -0.25) is 0 Å². The third kappa shape index (κ3) is 3.85. The van der Waals surface area contributed by atoms with Gasteiger partial charge in [0.1, 0.15) is 11.5 Å². The number of carbonyl (C=O) groups excluding carboxylic acids is 1. The van der Waals surface area contributed by atoms with Gasteiger partial charge in [0, 0.05) is 13.2 Å². The molecule has 0 spiro atoms. The quantitative estimate of drug-likeness (QED) is 0.538. The molecule has 0 atom stereocenters. The number of unbranched alkanes of at least 4 members (excludes halogenated alkanes) is 1. The van der Waals surface area contributed by atoms with E-state index in [1.807, 2.05) is 11.5 Å². The van der Waals surface area contributed by atoms with Crippen molar-refractivity contribution in [3.8, 4) is 0 Å².